The first kappa shape index (κ1) is 16.3. The molecular formula is C18H20N8. The topological polar surface area (TPSA) is 92.6 Å². The third kappa shape index (κ3) is 3.74. The summed E-state index contributed by atoms with van der Waals surface area (Å²) in [7, 11) is 0. The van der Waals surface area contributed by atoms with Crippen molar-refractivity contribution in [2.75, 3.05) is 23.3 Å². The van der Waals surface area contributed by atoms with Crippen LogP contribution < -0.4 is 10.2 Å². The molecular weight excluding hydrogens is 328 g/mol. The van der Waals surface area contributed by atoms with E-state index in [4.69, 9.17) is 0 Å². The Labute approximate surface area is 151 Å². The van der Waals surface area contributed by atoms with E-state index >= 15 is 0 Å². The first-order chi connectivity index (χ1) is 12.8. The van der Waals surface area contributed by atoms with Crippen LogP contribution in [0.4, 0.5) is 17.5 Å². The Morgan fingerprint density at radius 2 is 1.92 bits per heavy atom. The lowest BCUT2D eigenvalue weighted by Crippen LogP contribution is -2.35. The highest BCUT2D eigenvalue weighted by Gasteiger charge is 2.23. The second-order valence-corrected chi connectivity index (χ2v) is 6.29. The van der Waals surface area contributed by atoms with E-state index in [1.807, 2.05) is 25.4 Å². The van der Waals surface area contributed by atoms with Crippen molar-refractivity contribution in [3.63, 3.8) is 0 Å². The standard InChI is InChI=1S/C18H20N8/c1-13-20-5-4-18(24-13)26-8-2-3-14(12-26)15-9-23-17(11-22-15)25-16-10-19-6-7-21-16/h4-7,9-11,14H,2-3,8,12H2,1H3,(H,21,23,25)/t14-/m1/s1. The summed E-state index contributed by atoms with van der Waals surface area (Å²) in [5.74, 6) is 3.43. The van der Waals surface area contributed by atoms with E-state index in [0.29, 0.717) is 17.6 Å². The Balaban J connectivity index is 1.45. The molecule has 3 aromatic rings. The van der Waals surface area contributed by atoms with Crippen LogP contribution in [0.2, 0.25) is 0 Å². The van der Waals surface area contributed by atoms with Gasteiger partial charge in [0.25, 0.3) is 0 Å². The Bertz CT molecular complexity index is 853. The molecule has 0 aromatic carbocycles. The molecule has 8 heteroatoms. The number of aryl methyl sites for hydroxylation is 1. The van der Waals surface area contributed by atoms with Gasteiger partial charge in [-0.1, -0.05) is 0 Å². The fourth-order valence-corrected chi connectivity index (χ4v) is 3.15. The van der Waals surface area contributed by atoms with Crippen molar-refractivity contribution in [1.82, 2.24) is 29.9 Å². The molecule has 1 N–H and O–H groups in total. The summed E-state index contributed by atoms with van der Waals surface area (Å²) in [6.45, 7) is 3.81. The van der Waals surface area contributed by atoms with Gasteiger partial charge in [0.05, 0.1) is 24.3 Å². The predicted octanol–water partition coefficient (Wildman–Crippen LogP) is 2.49. The van der Waals surface area contributed by atoms with Gasteiger partial charge in [0.2, 0.25) is 0 Å². The normalized spacial score (nSPS) is 17.1. The highest BCUT2D eigenvalue weighted by atomic mass is 15.2. The van der Waals surface area contributed by atoms with Crippen LogP contribution in [0.15, 0.2) is 43.2 Å². The first-order valence-corrected chi connectivity index (χ1v) is 8.67. The van der Waals surface area contributed by atoms with E-state index in [-0.39, 0.29) is 0 Å². The van der Waals surface area contributed by atoms with Crippen LogP contribution in [0.25, 0.3) is 0 Å². The van der Waals surface area contributed by atoms with Gasteiger partial charge in [-0.25, -0.2) is 19.9 Å². The highest BCUT2D eigenvalue weighted by Crippen LogP contribution is 2.28. The van der Waals surface area contributed by atoms with E-state index in [1.54, 1.807) is 24.8 Å². The van der Waals surface area contributed by atoms with E-state index in [2.05, 4.69) is 40.1 Å². The smallest absolute Gasteiger partial charge is 0.150 e. The Morgan fingerprint density at radius 1 is 1.00 bits per heavy atom. The average molecular weight is 348 g/mol. The monoisotopic (exact) mass is 348 g/mol. The van der Waals surface area contributed by atoms with E-state index in [0.717, 1.165) is 43.3 Å². The largest absolute Gasteiger partial charge is 0.356 e. The zero-order chi connectivity index (χ0) is 17.8. The van der Waals surface area contributed by atoms with Crippen LogP contribution in [-0.2, 0) is 0 Å². The molecule has 0 radical (unpaired) electrons. The van der Waals surface area contributed by atoms with Gasteiger partial charge < -0.3 is 10.2 Å². The molecule has 0 unspecified atom stereocenters. The molecule has 4 rings (SSSR count). The van der Waals surface area contributed by atoms with Crippen LogP contribution in [0.5, 0.6) is 0 Å². The Kier molecular flexibility index (Phi) is 4.63. The maximum Gasteiger partial charge on any atom is 0.150 e. The molecule has 8 nitrogen and oxygen atoms in total. The van der Waals surface area contributed by atoms with Crippen LogP contribution in [0.3, 0.4) is 0 Å². The lowest BCUT2D eigenvalue weighted by Gasteiger charge is -2.33. The molecule has 1 aliphatic rings. The Hall–Kier alpha value is -3.16. The second kappa shape index (κ2) is 7.38. The van der Waals surface area contributed by atoms with Crippen molar-refractivity contribution in [1.29, 1.82) is 0 Å². The summed E-state index contributed by atoms with van der Waals surface area (Å²) in [5.41, 5.74) is 1.00. The summed E-state index contributed by atoms with van der Waals surface area (Å²) in [6.07, 6.45) is 12.5. The number of nitrogens with zero attached hydrogens (tertiary/aromatic N) is 7. The number of aromatic nitrogens is 6. The maximum atomic E-state index is 4.61. The minimum atomic E-state index is 0.345. The van der Waals surface area contributed by atoms with Crippen LogP contribution in [0.1, 0.15) is 30.3 Å². The number of piperidine rings is 1. The first-order valence-electron chi connectivity index (χ1n) is 8.67. The molecule has 3 aromatic heterocycles. The van der Waals surface area contributed by atoms with Crippen molar-refractivity contribution < 1.29 is 0 Å². The Morgan fingerprint density at radius 3 is 2.69 bits per heavy atom. The van der Waals surface area contributed by atoms with Gasteiger partial charge >= 0.3 is 0 Å². The lowest BCUT2D eigenvalue weighted by atomic mass is 9.95. The van der Waals surface area contributed by atoms with Crippen molar-refractivity contribution in [3.05, 3.63) is 54.8 Å². The fourth-order valence-electron chi connectivity index (χ4n) is 3.15. The molecule has 1 atom stereocenters. The summed E-state index contributed by atoms with van der Waals surface area (Å²) >= 11 is 0. The van der Waals surface area contributed by atoms with Gasteiger partial charge in [-0.15, -0.1) is 0 Å². The number of hydrogen-bond acceptors (Lipinski definition) is 8. The number of anilines is 3. The zero-order valence-corrected chi connectivity index (χ0v) is 14.6. The molecule has 0 bridgehead atoms. The number of rotatable bonds is 4. The second-order valence-electron chi connectivity index (χ2n) is 6.29. The van der Waals surface area contributed by atoms with Crippen molar-refractivity contribution in [2.24, 2.45) is 0 Å². The van der Waals surface area contributed by atoms with Gasteiger partial charge in [0.1, 0.15) is 23.3 Å². The zero-order valence-electron chi connectivity index (χ0n) is 14.6. The minimum absolute atomic E-state index is 0.345. The third-order valence-electron chi connectivity index (χ3n) is 4.42. The van der Waals surface area contributed by atoms with E-state index < -0.39 is 0 Å². The van der Waals surface area contributed by atoms with Crippen molar-refractivity contribution >= 4 is 17.5 Å². The molecule has 1 fully saturated rings. The summed E-state index contributed by atoms with van der Waals surface area (Å²) in [4.78, 5) is 28.3. The summed E-state index contributed by atoms with van der Waals surface area (Å²) in [6, 6.07) is 1.97. The van der Waals surface area contributed by atoms with Gasteiger partial charge in [-0.2, -0.15) is 0 Å². The molecule has 4 heterocycles. The molecule has 0 spiro atoms. The van der Waals surface area contributed by atoms with Crippen molar-refractivity contribution in [3.8, 4) is 0 Å². The minimum Gasteiger partial charge on any atom is -0.356 e. The van der Waals surface area contributed by atoms with E-state index in [1.165, 1.54) is 0 Å². The van der Waals surface area contributed by atoms with Gasteiger partial charge in [0.15, 0.2) is 0 Å². The highest BCUT2D eigenvalue weighted by molar-refractivity contribution is 5.48. The molecule has 1 saturated heterocycles. The number of hydrogen-bond donors (Lipinski definition) is 1. The third-order valence-corrected chi connectivity index (χ3v) is 4.42. The summed E-state index contributed by atoms with van der Waals surface area (Å²) < 4.78 is 0. The lowest BCUT2D eigenvalue weighted by molar-refractivity contribution is 0.497. The van der Waals surface area contributed by atoms with Crippen LogP contribution in [-0.4, -0.2) is 43.0 Å². The van der Waals surface area contributed by atoms with E-state index in [9.17, 15) is 0 Å². The van der Waals surface area contributed by atoms with Crippen LogP contribution >= 0.6 is 0 Å². The predicted molar refractivity (Wildman–Crippen MR) is 98.3 cm³/mol. The molecule has 132 valence electrons. The molecule has 1 aliphatic heterocycles. The summed E-state index contributed by atoms with van der Waals surface area (Å²) in [5, 5.41) is 3.10. The molecule has 0 saturated carbocycles. The van der Waals surface area contributed by atoms with Gasteiger partial charge in [-0.05, 0) is 25.8 Å². The molecule has 0 aliphatic carbocycles. The SMILES string of the molecule is Cc1nccc(N2CCC[C@@H](c3cnc(Nc4cnccn4)cn3)C2)n1. The number of nitrogens with one attached hydrogen (secondary N) is 1. The van der Waals surface area contributed by atoms with Gasteiger partial charge in [-0.3, -0.25) is 9.97 Å². The van der Waals surface area contributed by atoms with Gasteiger partial charge in [0, 0.05) is 37.6 Å². The quantitative estimate of drug-likeness (QED) is 0.769. The maximum absolute atomic E-state index is 4.61. The average Bonchev–Trinajstić information content (AvgIpc) is 2.69. The molecule has 0 amide bonds. The van der Waals surface area contributed by atoms with Crippen LogP contribution in [0, 0.1) is 6.92 Å². The van der Waals surface area contributed by atoms with Crippen molar-refractivity contribution in [2.45, 2.75) is 25.7 Å². The molecule has 26 heavy (non-hydrogen) atoms. The fraction of sp³-hybridized carbons (Fsp3) is 0.333.